The van der Waals surface area contributed by atoms with Gasteiger partial charge in [0.05, 0.1) is 6.61 Å². The van der Waals surface area contributed by atoms with Crippen LogP contribution in [0.15, 0.2) is 24.3 Å². The summed E-state index contributed by atoms with van der Waals surface area (Å²) in [5, 5.41) is 1.29. The van der Waals surface area contributed by atoms with Crippen LogP contribution in [0.5, 0.6) is 5.75 Å². The predicted molar refractivity (Wildman–Crippen MR) is 121 cm³/mol. The third-order valence-corrected chi connectivity index (χ3v) is 8.01. The Morgan fingerprint density at radius 3 is 2.31 bits per heavy atom. The van der Waals surface area contributed by atoms with Gasteiger partial charge in [0, 0.05) is 5.08 Å². The van der Waals surface area contributed by atoms with Gasteiger partial charge in [-0.25, -0.2) is 0 Å². The first-order valence-electron chi connectivity index (χ1n) is 10.7. The number of benzene rings is 1. The molecule has 0 aromatic heterocycles. The molecule has 0 saturated carbocycles. The van der Waals surface area contributed by atoms with Crippen molar-refractivity contribution in [1.29, 1.82) is 0 Å². The van der Waals surface area contributed by atoms with Gasteiger partial charge in [-0.1, -0.05) is 64.5 Å². The van der Waals surface area contributed by atoms with Crippen molar-refractivity contribution in [3.8, 4) is 5.75 Å². The lowest BCUT2D eigenvalue weighted by molar-refractivity contribution is 0.305. The second-order valence-corrected chi connectivity index (χ2v) is 10.1. The van der Waals surface area contributed by atoms with E-state index in [2.05, 4.69) is 61.6 Å². The molecule has 0 amide bonds. The van der Waals surface area contributed by atoms with Gasteiger partial charge in [-0.15, -0.1) is 0 Å². The van der Waals surface area contributed by atoms with Crippen LogP contribution in [-0.2, 0) is 0 Å². The molecule has 1 heterocycles. The summed E-state index contributed by atoms with van der Waals surface area (Å²) < 4.78 is 5.93. The highest BCUT2D eigenvalue weighted by atomic mass is 32.2. The molecular weight excluding hydrogens is 356 g/mol. The fraction of sp³-hybridized carbons (Fsp3) is 0.739. The van der Waals surface area contributed by atoms with Crippen molar-refractivity contribution in [2.24, 2.45) is 5.92 Å². The number of rotatable bonds is 13. The van der Waals surface area contributed by atoms with Crippen molar-refractivity contribution >= 4 is 23.5 Å². The molecule has 0 N–H and O–H groups in total. The van der Waals surface area contributed by atoms with Crippen molar-refractivity contribution in [2.75, 3.05) is 23.2 Å². The Hall–Kier alpha value is -0.280. The van der Waals surface area contributed by atoms with E-state index in [9.17, 15) is 0 Å². The van der Waals surface area contributed by atoms with Crippen LogP contribution in [0.25, 0.3) is 0 Å². The van der Waals surface area contributed by atoms with Gasteiger partial charge in [0.1, 0.15) is 5.75 Å². The van der Waals surface area contributed by atoms with Gasteiger partial charge in [0.2, 0.25) is 0 Å². The van der Waals surface area contributed by atoms with Crippen LogP contribution in [0.4, 0.5) is 0 Å². The number of hydrogen-bond acceptors (Lipinski definition) is 3. The smallest absolute Gasteiger partial charge is 0.119 e. The number of unbranched alkanes of at least 4 members (excludes halogenated alkanes) is 5. The second kappa shape index (κ2) is 13.8. The molecule has 1 unspecified atom stereocenters. The highest BCUT2D eigenvalue weighted by molar-refractivity contribution is 8.16. The summed E-state index contributed by atoms with van der Waals surface area (Å²) in [4.78, 5) is 0. The topological polar surface area (TPSA) is 9.23 Å². The summed E-state index contributed by atoms with van der Waals surface area (Å²) in [6.07, 6.45) is 11.8. The molecule has 1 aromatic carbocycles. The molecule has 0 aliphatic carbocycles. The van der Waals surface area contributed by atoms with Crippen molar-refractivity contribution in [3.05, 3.63) is 29.8 Å². The first-order valence-corrected chi connectivity index (χ1v) is 13.0. The molecule has 1 aliphatic rings. The number of ether oxygens (including phenoxy) is 1. The molecule has 0 spiro atoms. The second-order valence-electron chi connectivity index (χ2n) is 7.63. The predicted octanol–water partition coefficient (Wildman–Crippen LogP) is 7.75. The van der Waals surface area contributed by atoms with Crippen LogP contribution in [0.3, 0.4) is 0 Å². The lowest BCUT2D eigenvalue weighted by Gasteiger charge is -2.26. The van der Waals surface area contributed by atoms with E-state index < -0.39 is 0 Å². The van der Waals surface area contributed by atoms with Gasteiger partial charge in [-0.2, -0.15) is 23.5 Å². The van der Waals surface area contributed by atoms with E-state index >= 15 is 0 Å². The zero-order chi connectivity index (χ0) is 18.5. The maximum Gasteiger partial charge on any atom is 0.119 e. The van der Waals surface area contributed by atoms with E-state index in [1.807, 2.05) is 0 Å². The zero-order valence-corrected chi connectivity index (χ0v) is 18.5. The first-order chi connectivity index (χ1) is 12.8. The molecule has 26 heavy (non-hydrogen) atoms. The Morgan fingerprint density at radius 2 is 1.62 bits per heavy atom. The van der Waals surface area contributed by atoms with Gasteiger partial charge < -0.3 is 4.74 Å². The van der Waals surface area contributed by atoms with Crippen LogP contribution in [0.2, 0.25) is 0 Å². The normalized spacial score (nSPS) is 16.5. The highest BCUT2D eigenvalue weighted by Gasteiger charge is 2.20. The van der Waals surface area contributed by atoms with E-state index in [-0.39, 0.29) is 0 Å². The van der Waals surface area contributed by atoms with Gasteiger partial charge >= 0.3 is 0 Å². The molecule has 1 aliphatic heterocycles. The highest BCUT2D eigenvalue weighted by Crippen LogP contribution is 2.36. The molecule has 3 heteroatoms. The average molecular weight is 395 g/mol. The maximum absolute atomic E-state index is 5.93. The standard InChI is InChI=1S/C23H38OS2/c1-3-5-7-9-15-24-23-13-11-21(12-14-23)22(10-8-6-4-2)16-20-17-25-19-26-18-20/h11-14,20,22H,3-10,15-19H2,1-2H3. The minimum Gasteiger partial charge on any atom is -0.494 e. The summed E-state index contributed by atoms with van der Waals surface area (Å²) in [6, 6.07) is 9.07. The van der Waals surface area contributed by atoms with E-state index in [1.54, 1.807) is 0 Å². The maximum atomic E-state index is 5.93. The quantitative estimate of drug-likeness (QED) is 0.316. The Balaban J connectivity index is 1.86. The Morgan fingerprint density at radius 1 is 0.923 bits per heavy atom. The summed E-state index contributed by atoms with van der Waals surface area (Å²) >= 11 is 4.26. The van der Waals surface area contributed by atoms with Crippen LogP contribution in [-0.4, -0.2) is 23.2 Å². The van der Waals surface area contributed by atoms with Crippen molar-refractivity contribution in [1.82, 2.24) is 0 Å². The SMILES string of the molecule is CCCCCCOc1ccc(C(CCCCC)CC2CSCSC2)cc1. The van der Waals surface area contributed by atoms with E-state index in [0.717, 1.165) is 24.2 Å². The van der Waals surface area contributed by atoms with Crippen LogP contribution >= 0.6 is 23.5 Å². The third-order valence-electron chi connectivity index (χ3n) is 5.27. The Bertz CT molecular complexity index is 454. The largest absolute Gasteiger partial charge is 0.494 e. The van der Waals surface area contributed by atoms with E-state index in [4.69, 9.17) is 4.74 Å². The zero-order valence-electron chi connectivity index (χ0n) is 16.9. The van der Waals surface area contributed by atoms with Crippen LogP contribution in [0.1, 0.15) is 83.1 Å². The van der Waals surface area contributed by atoms with E-state index in [1.165, 1.54) is 79.9 Å². The molecule has 148 valence electrons. The lowest BCUT2D eigenvalue weighted by atomic mass is 9.86. The fourth-order valence-electron chi connectivity index (χ4n) is 3.69. The molecule has 0 radical (unpaired) electrons. The molecule has 1 fully saturated rings. The minimum absolute atomic E-state index is 0.726. The van der Waals surface area contributed by atoms with Crippen LogP contribution < -0.4 is 4.74 Å². The fourth-order valence-corrected chi connectivity index (χ4v) is 6.26. The summed E-state index contributed by atoms with van der Waals surface area (Å²) in [7, 11) is 0. The van der Waals surface area contributed by atoms with Crippen LogP contribution in [0, 0.1) is 5.92 Å². The first kappa shape index (κ1) is 22.0. The molecule has 0 bridgehead atoms. The summed E-state index contributed by atoms with van der Waals surface area (Å²) in [5.74, 6) is 5.37. The van der Waals surface area contributed by atoms with Gasteiger partial charge in [-0.05, 0) is 60.3 Å². The Labute approximate surface area is 170 Å². The molecule has 1 saturated heterocycles. The number of thioether (sulfide) groups is 2. The van der Waals surface area contributed by atoms with Gasteiger partial charge in [0.25, 0.3) is 0 Å². The van der Waals surface area contributed by atoms with Gasteiger partial charge in [0.15, 0.2) is 0 Å². The number of hydrogen-bond donors (Lipinski definition) is 0. The molecule has 1 atom stereocenters. The third kappa shape index (κ3) is 8.61. The summed E-state index contributed by atoms with van der Waals surface area (Å²) in [5.41, 5.74) is 1.53. The molecule has 1 aromatic rings. The average Bonchev–Trinajstić information content (AvgIpc) is 2.68. The van der Waals surface area contributed by atoms with Crippen molar-refractivity contribution < 1.29 is 4.74 Å². The lowest BCUT2D eigenvalue weighted by Crippen LogP contribution is -2.16. The molecule has 1 nitrogen and oxygen atoms in total. The molecule has 2 rings (SSSR count). The minimum atomic E-state index is 0.726. The summed E-state index contributed by atoms with van der Waals surface area (Å²) in [6.45, 7) is 5.41. The molecular formula is C23H38OS2. The van der Waals surface area contributed by atoms with Gasteiger partial charge in [-0.3, -0.25) is 0 Å². The van der Waals surface area contributed by atoms with E-state index in [0.29, 0.717) is 0 Å². The Kier molecular flexibility index (Phi) is 11.7. The van der Waals surface area contributed by atoms with Crippen molar-refractivity contribution in [2.45, 2.75) is 77.6 Å². The monoisotopic (exact) mass is 394 g/mol. The van der Waals surface area contributed by atoms with Crippen molar-refractivity contribution in [3.63, 3.8) is 0 Å².